The van der Waals surface area contributed by atoms with Crippen molar-refractivity contribution in [2.45, 2.75) is 19.3 Å². The Hall–Kier alpha value is -10.1. The van der Waals surface area contributed by atoms with Crippen LogP contribution in [-0.4, -0.2) is 0 Å². The Morgan fingerprint density at radius 1 is 0.244 bits per heavy atom. The summed E-state index contributed by atoms with van der Waals surface area (Å²) in [5.74, 6) is 0. The van der Waals surface area contributed by atoms with Crippen LogP contribution in [0.4, 0.5) is 34.1 Å². The molecule has 0 atom stereocenters. The zero-order chi connectivity index (χ0) is 54.5. The molecule has 1 aromatic heterocycles. The molecule has 0 spiro atoms. The molecule has 1 aliphatic rings. The second-order valence-electron chi connectivity index (χ2n) is 22.4. The Morgan fingerprint density at radius 3 is 1.22 bits per heavy atom. The van der Waals surface area contributed by atoms with Gasteiger partial charge >= 0.3 is 0 Å². The highest BCUT2D eigenvalue weighted by Crippen LogP contribution is 2.53. The summed E-state index contributed by atoms with van der Waals surface area (Å²) in [6.07, 6.45) is 0. The van der Waals surface area contributed by atoms with E-state index in [0.29, 0.717) is 0 Å². The number of para-hydroxylation sites is 2. The largest absolute Gasteiger partial charge is 0.310 e. The summed E-state index contributed by atoms with van der Waals surface area (Å²) in [4.78, 5) is 4.81. The lowest BCUT2D eigenvalue weighted by Crippen LogP contribution is -2.17. The van der Waals surface area contributed by atoms with Gasteiger partial charge in [0.1, 0.15) is 0 Å². The molecule has 1 aliphatic carbocycles. The maximum atomic E-state index is 2.45. The summed E-state index contributed by atoms with van der Waals surface area (Å²) >= 11 is 1.89. The van der Waals surface area contributed by atoms with E-state index in [4.69, 9.17) is 0 Å². The summed E-state index contributed by atoms with van der Waals surface area (Å²) in [6, 6.07) is 108. The molecule has 0 unspecified atom stereocenters. The highest BCUT2D eigenvalue weighted by molar-refractivity contribution is 7.26. The minimum atomic E-state index is -0.281. The molecule has 1 heterocycles. The van der Waals surface area contributed by atoms with E-state index in [1.807, 2.05) is 11.3 Å². The first-order valence-corrected chi connectivity index (χ1v) is 29.2. The van der Waals surface area contributed by atoms with Gasteiger partial charge < -0.3 is 9.80 Å². The molecule has 0 saturated carbocycles. The highest BCUT2D eigenvalue weighted by atomic mass is 32.1. The van der Waals surface area contributed by atoms with Gasteiger partial charge in [-0.05, 0) is 178 Å². The Morgan fingerprint density at radius 2 is 0.646 bits per heavy atom. The van der Waals surface area contributed by atoms with E-state index in [2.05, 4.69) is 315 Å². The van der Waals surface area contributed by atoms with Crippen molar-refractivity contribution >= 4 is 109 Å². The van der Waals surface area contributed by atoms with Crippen molar-refractivity contribution in [3.8, 4) is 44.5 Å². The predicted octanol–water partition coefficient (Wildman–Crippen LogP) is 22.9. The van der Waals surface area contributed by atoms with Gasteiger partial charge in [0.05, 0.1) is 0 Å². The van der Waals surface area contributed by atoms with Crippen LogP contribution in [-0.2, 0) is 5.41 Å². The number of anilines is 6. The molecule has 14 aromatic carbocycles. The fourth-order valence-electron chi connectivity index (χ4n) is 13.5. The Labute approximate surface area is 481 Å². The number of thiophene rings is 1. The number of fused-ring (bicyclic) bond motifs is 13. The molecule has 0 radical (unpaired) electrons. The van der Waals surface area contributed by atoms with E-state index < -0.39 is 0 Å². The molecule has 3 heteroatoms. The van der Waals surface area contributed by atoms with E-state index in [-0.39, 0.29) is 5.41 Å². The third kappa shape index (κ3) is 7.69. The van der Waals surface area contributed by atoms with Gasteiger partial charge in [-0.25, -0.2) is 0 Å². The lowest BCUT2D eigenvalue weighted by Gasteiger charge is -2.29. The molecule has 386 valence electrons. The number of hydrogen-bond donors (Lipinski definition) is 0. The second-order valence-corrected chi connectivity index (χ2v) is 23.4. The van der Waals surface area contributed by atoms with Gasteiger partial charge in [0.25, 0.3) is 0 Å². The van der Waals surface area contributed by atoms with Gasteiger partial charge in [-0.1, -0.05) is 220 Å². The van der Waals surface area contributed by atoms with Crippen LogP contribution in [0.5, 0.6) is 0 Å². The van der Waals surface area contributed by atoms with Crippen LogP contribution >= 0.6 is 11.3 Å². The van der Waals surface area contributed by atoms with Crippen LogP contribution in [0.15, 0.2) is 291 Å². The quantitative estimate of drug-likeness (QED) is 0.133. The van der Waals surface area contributed by atoms with Gasteiger partial charge in [0.15, 0.2) is 0 Å². The lowest BCUT2D eigenvalue weighted by molar-refractivity contribution is 0.660. The SMILES string of the molecule is CC1(C)c2cc(N(c3ccccc3)c3ccccc3)ccc2-c2ccc(N(c3ccc(-c4ccc5c6ccccc6c6ccccc6c5c4)cc3)c3ccc(-c4ccc(-c5cccc6c5sc5ccccc56)c5ccccc45)cc3)cc21. The normalized spacial score (nSPS) is 12.6. The third-order valence-corrected chi connectivity index (χ3v) is 18.7. The molecule has 2 nitrogen and oxygen atoms in total. The maximum Gasteiger partial charge on any atom is 0.0465 e. The van der Waals surface area contributed by atoms with Gasteiger partial charge in [0, 0.05) is 65.3 Å². The second kappa shape index (κ2) is 19.1. The van der Waals surface area contributed by atoms with E-state index >= 15 is 0 Å². The molecule has 15 aromatic rings. The summed E-state index contributed by atoms with van der Waals surface area (Å²) in [5.41, 5.74) is 18.9. The standard InChI is InChI=1S/C79H54N2S/c1-79(2)75-49-58(80(54-18-5-3-6-19-54)55-20-7-4-8-21-55)41-44-69(75)70-45-42-59(50-76(70)79)81(56-37-32-51(33-38-56)53-36-43-68-65-26-12-11-24-63(65)64-25-13-14-27-66(64)74(68)48-53)57-39-34-52(35-40-57)60-46-47-67(62-23-10-9-22-61(60)62)72-29-17-30-73-71-28-15-16-31-77(71)82-78(72)73/h3-50H,1-2H3. The molecule has 82 heavy (non-hydrogen) atoms. The lowest BCUT2D eigenvalue weighted by atomic mass is 9.82. The van der Waals surface area contributed by atoms with Gasteiger partial charge in [0.2, 0.25) is 0 Å². The average Bonchev–Trinajstić information content (AvgIpc) is 3.32. The van der Waals surface area contributed by atoms with E-state index in [1.165, 1.54) is 119 Å². The average molecular weight is 1060 g/mol. The molecular weight excluding hydrogens is 1010 g/mol. The molecule has 0 fully saturated rings. The van der Waals surface area contributed by atoms with Crippen LogP contribution in [0.1, 0.15) is 25.0 Å². The predicted molar refractivity (Wildman–Crippen MR) is 353 cm³/mol. The van der Waals surface area contributed by atoms with E-state index in [1.54, 1.807) is 0 Å². The van der Waals surface area contributed by atoms with Gasteiger partial charge in [-0.3, -0.25) is 0 Å². The van der Waals surface area contributed by atoms with Gasteiger partial charge in [-0.15, -0.1) is 11.3 Å². The monoisotopic (exact) mass is 1060 g/mol. The number of hydrogen-bond acceptors (Lipinski definition) is 3. The molecule has 0 bridgehead atoms. The topological polar surface area (TPSA) is 6.48 Å². The molecule has 0 aliphatic heterocycles. The number of benzene rings is 14. The first-order valence-electron chi connectivity index (χ1n) is 28.4. The summed E-state index contributed by atoms with van der Waals surface area (Å²) < 4.78 is 2.65. The fraction of sp³-hybridized carbons (Fsp3) is 0.0380. The molecule has 0 amide bonds. The van der Waals surface area contributed by atoms with Crippen LogP contribution in [0.25, 0.3) is 108 Å². The molecule has 0 N–H and O–H groups in total. The molecule has 16 rings (SSSR count). The smallest absolute Gasteiger partial charge is 0.0465 e. The summed E-state index contributed by atoms with van der Waals surface area (Å²) in [5, 5.41) is 12.8. The van der Waals surface area contributed by atoms with Crippen molar-refractivity contribution < 1.29 is 0 Å². The third-order valence-electron chi connectivity index (χ3n) is 17.4. The Bertz CT molecular complexity index is 4920. The fourth-order valence-corrected chi connectivity index (χ4v) is 14.7. The van der Waals surface area contributed by atoms with Crippen molar-refractivity contribution in [1.82, 2.24) is 0 Å². The van der Waals surface area contributed by atoms with Crippen LogP contribution in [0.2, 0.25) is 0 Å². The zero-order valence-electron chi connectivity index (χ0n) is 45.5. The first-order chi connectivity index (χ1) is 40.4. The van der Waals surface area contributed by atoms with Crippen LogP contribution in [0, 0.1) is 0 Å². The number of rotatable bonds is 9. The maximum absolute atomic E-state index is 2.45. The van der Waals surface area contributed by atoms with Crippen molar-refractivity contribution in [3.63, 3.8) is 0 Å². The highest BCUT2D eigenvalue weighted by Gasteiger charge is 2.37. The summed E-state index contributed by atoms with van der Waals surface area (Å²) in [7, 11) is 0. The van der Waals surface area contributed by atoms with E-state index in [9.17, 15) is 0 Å². The van der Waals surface area contributed by atoms with Crippen molar-refractivity contribution in [2.75, 3.05) is 9.80 Å². The van der Waals surface area contributed by atoms with Crippen molar-refractivity contribution in [2.24, 2.45) is 0 Å². The van der Waals surface area contributed by atoms with Gasteiger partial charge in [-0.2, -0.15) is 0 Å². The van der Waals surface area contributed by atoms with Crippen molar-refractivity contribution in [3.05, 3.63) is 302 Å². The van der Waals surface area contributed by atoms with E-state index in [0.717, 1.165) is 34.1 Å². The minimum Gasteiger partial charge on any atom is -0.310 e. The first kappa shape index (κ1) is 47.9. The Kier molecular flexibility index (Phi) is 11.1. The Balaban J connectivity index is 0.802. The molecule has 0 saturated heterocycles. The van der Waals surface area contributed by atoms with Crippen molar-refractivity contribution in [1.29, 1.82) is 0 Å². The zero-order valence-corrected chi connectivity index (χ0v) is 46.3. The minimum absolute atomic E-state index is 0.281. The molecular formula is C79H54N2S. The van der Waals surface area contributed by atoms with Crippen LogP contribution in [0.3, 0.4) is 0 Å². The number of nitrogens with zero attached hydrogens (tertiary/aromatic N) is 2. The summed E-state index contributed by atoms with van der Waals surface area (Å²) in [6.45, 7) is 4.78. The van der Waals surface area contributed by atoms with Crippen LogP contribution < -0.4 is 9.80 Å².